The molecule has 0 amide bonds. The minimum Gasteiger partial charge on any atom is -0.208 e. The Morgan fingerprint density at radius 2 is 0.690 bits per heavy atom. The number of fused-ring (bicyclic) bond motifs is 5. The van der Waals surface area contributed by atoms with Crippen LogP contribution in [0.1, 0.15) is 0 Å². The van der Waals surface area contributed by atoms with Crippen molar-refractivity contribution in [2.24, 2.45) is 0 Å². The lowest BCUT2D eigenvalue weighted by molar-refractivity contribution is 1.07. The third-order valence-corrected chi connectivity index (χ3v) is 11.3. The highest BCUT2D eigenvalue weighted by Gasteiger charge is 2.21. The van der Waals surface area contributed by atoms with Gasteiger partial charge in [0, 0.05) is 16.7 Å². The van der Waals surface area contributed by atoms with Crippen LogP contribution in [0.2, 0.25) is 0 Å². The zero-order chi connectivity index (χ0) is 38.4. The fraction of sp³-hybridized carbons (Fsp3) is 0. The molecule has 0 aliphatic heterocycles. The highest BCUT2D eigenvalue weighted by atomic mass is 15.0. The van der Waals surface area contributed by atoms with Crippen LogP contribution in [-0.4, -0.2) is 15.0 Å². The number of hydrogen-bond donors (Lipinski definition) is 0. The van der Waals surface area contributed by atoms with Crippen LogP contribution in [0.3, 0.4) is 0 Å². The van der Waals surface area contributed by atoms with Crippen molar-refractivity contribution < 1.29 is 0 Å². The molecule has 0 fully saturated rings. The summed E-state index contributed by atoms with van der Waals surface area (Å²) < 4.78 is 0. The van der Waals surface area contributed by atoms with Crippen molar-refractivity contribution in [2.45, 2.75) is 0 Å². The van der Waals surface area contributed by atoms with Gasteiger partial charge in [-0.05, 0) is 76.5 Å². The van der Waals surface area contributed by atoms with E-state index >= 15 is 0 Å². The number of rotatable bonds is 6. The molecule has 11 rings (SSSR count). The molecule has 1 heterocycles. The van der Waals surface area contributed by atoms with E-state index in [1.165, 1.54) is 59.8 Å². The van der Waals surface area contributed by atoms with Gasteiger partial charge in [-0.3, -0.25) is 0 Å². The molecule has 0 spiro atoms. The number of nitrogens with zero attached hydrogens (tertiary/aromatic N) is 3. The first kappa shape index (κ1) is 33.6. The minimum atomic E-state index is 0.630. The topological polar surface area (TPSA) is 38.7 Å². The second-order valence-electron chi connectivity index (χ2n) is 14.7. The average molecular weight is 738 g/mol. The predicted octanol–water partition coefficient (Wildman–Crippen LogP) is 14.5. The smallest absolute Gasteiger partial charge is 0.164 e. The minimum absolute atomic E-state index is 0.630. The van der Waals surface area contributed by atoms with Crippen molar-refractivity contribution in [1.82, 2.24) is 15.0 Å². The summed E-state index contributed by atoms with van der Waals surface area (Å²) in [5.41, 5.74) is 9.88. The Labute approximate surface area is 336 Å². The Kier molecular flexibility index (Phi) is 8.15. The van der Waals surface area contributed by atoms with E-state index < -0.39 is 0 Å². The summed E-state index contributed by atoms with van der Waals surface area (Å²) in [7, 11) is 0. The summed E-state index contributed by atoms with van der Waals surface area (Å²) in [6.07, 6.45) is 0. The molecular weight excluding hydrogens is 703 g/mol. The van der Waals surface area contributed by atoms with E-state index in [-0.39, 0.29) is 0 Å². The van der Waals surface area contributed by atoms with Gasteiger partial charge in [0.15, 0.2) is 17.5 Å². The maximum Gasteiger partial charge on any atom is 0.164 e. The van der Waals surface area contributed by atoms with Crippen LogP contribution in [0.15, 0.2) is 212 Å². The second-order valence-corrected chi connectivity index (χ2v) is 14.7. The summed E-state index contributed by atoms with van der Waals surface area (Å²) in [5.74, 6) is 1.91. The fourth-order valence-electron chi connectivity index (χ4n) is 8.66. The van der Waals surface area contributed by atoms with Gasteiger partial charge < -0.3 is 0 Å². The molecule has 3 heteroatoms. The van der Waals surface area contributed by atoms with E-state index in [2.05, 4.69) is 182 Å². The van der Waals surface area contributed by atoms with Crippen LogP contribution in [0, 0.1) is 0 Å². The summed E-state index contributed by atoms with van der Waals surface area (Å²) in [4.78, 5) is 15.3. The van der Waals surface area contributed by atoms with Crippen molar-refractivity contribution in [2.75, 3.05) is 0 Å². The van der Waals surface area contributed by atoms with Crippen molar-refractivity contribution in [3.63, 3.8) is 0 Å². The summed E-state index contributed by atoms with van der Waals surface area (Å²) in [6.45, 7) is 0. The first-order valence-electron chi connectivity index (χ1n) is 19.7. The lowest BCUT2D eigenvalue weighted by Crippen LogP contribution is -2.01. The van der Waals surface area contributed by atoms with Gasteiger partial charge in [0.1, 0.15) is 0 Å². The van der Waals surface area contributed by atoms with E-state index in [1.807, 2.05) is 30.3 Å². The Hall–Kier alpha value is -7.75. The van der Waals surface area contributed by atoms with Gasteiger partial charge >= 0.3 is 0 Å². The molecule has 10 aromatic carbocycles. The third-order valence-electron chi connectivity index (χ3n) is 11.3. The monoisotopic (exact) mass is 737 g/mol. The molecule has 0 unspecified atom stereocenters. The van der Waals surface area contributed by atoms with Crippen LogP contribution in [0.4, 0.5) is 0 Å². The average Bonchev–Trinajstić information content (AvgIpc) is 3.31. The second kappa shape index (κ2) is 14.1. The van der Waals surface area contributed by atoms with E-state index in [0.717, 1.165) is 33.4 Å². The molecule has 0 saturated carbocycles. The predicted molar refractivity (Wildman–Crippen MR) is 242 cm³/mol. The molecule has 0 aliphatic rings. The zero-order valence-corrected chi connectivity index (χ0v) is 31.5. The van der Waals surface area contributed by atoms with Gasteiger partial charge in [-0.1, -0.05) is 212 Å². The maximum absolute atomic E-state index is 5.17. The highest BCUT2D eigenvalue weighted by Crippen LogP contribution is 2.47. The number of benzene rings is 10. The molecule has 1 aromatic heterocycles. The summed E-state index contributed by atoms with van der Waals surface area (Å²) >= 11 is 0. The van der Waals surface area contributed by atoms with E-state index in [4.69, 9.17) is 15.0 Å². The molecule has 3 nitrogen and oxygen atoms in total. The van der Waals surface area contributed by atoms with Gasteiger partial charge in [-0.2, -0.15) is 0 Å². The summed E-state index contributed by atoms with van der Waals surface area (Å²) in [5, 5.41) is 9.88. The van der Waals surface area contributed by atoms with Gasteiger partial charge in [0.2, 0.25) is 0 Å². The molecule has 0 atom stereocenters. The quantitative estimate of drug-likeness (QED) is 0.126. The summed E-state index contributed by atoms with van der Waals surface area (Å²) in [6, 6.07) is 75.3. The first-order chi connectivity index (χ1) is 28.8. The van der Waals surface area contributed by atoms with Crippen molar-refractivity contribution in [1.29, 1.82) is 0 Å². The molecule has 0 bridgehead atoms. The zero-order valence-electron chi connectivity index (χ0n) is 31.5. The molecule has 0 N–H and O–H groups in total. The van der Waals surface area contributed by atoms with Crippen molar-refractivity contribution in [3.8, 4) is 67.5 Å². The highest BCUT2D eigenvalue weighted by molar-refractivity contribution is 6.29. The van der Waals surface area contributed by atoms with Gasteiger partial charge in [0.25, 0.3) is 0 Å². The molecule has 0 saturated heterocycles. The first-order valence-corrected chi connectivity index (χ1v) is 19.7. The Morgan fingerprint density at radius 1 is 0.224 bits per heavy atom. The largest absolute Gasteiger partial charge is 0.208 e. The molecule has 270 valence electrons. The van der Waals surface area contributed by atoms with Gasteiger partial charge in [0.05, 0.1) is 0 Å². The van der Waals surface area contributed by atoms with Crippen molar-refractivity contribution >= 4 is 43.1 Å². The molecule has 0 aliphatic carbocycles. The maximum atomic E-state index is 5.17. The molecule has 11 aromatic rings. The fourth-order valence-corrected chi connectivity index (χ4v) is 8.66. The third kappa shape index (κ3) is 5.72. The SMILES string of the molecule is c1ccc(-c2nc(-c3ccc(-c4c5ccccc5c(-c5cccc6ccccc56)c5c4ccc4ccccc45)cc3)nc(-c3ccccc3-c3ccccc3)n2)cc1. The lowest BCUT2D eigenvalue weighted by atomic mass is 9.83. The van der Waals surface area contributed by atoms with Gasteiger partial charge in [-0.15, -0.1) is 0 Å². The van der Waals surface area contributed by atoms with E-state index in [1.54, 1.807) is 0 Å². The normalized spacial score (nSPS) is 11.4. The van der Waals surface area contributed by atoms with Gasteiger partial charge in [-0.25, -0.2) is 15.0 Å². The van der Waals surface area contributed by atoms with E-state index in [9.17, 15) is 0 Å². The van der Waals surface area contributed by atoms with Crippen LogP contribution in [0.25, 0.3) is 111 Å². The van der Waals surface area contributed by atoms with Crippen molar-refractivity contribution in [3.05, 3.63) is 212 Å². The van der Waals surface area contributed by atoms with Crippen LogP contribution in [0.5, 0.6) is 0 Å². The Morgan fingerprint density at radius 3 is 1.40 bits per heavy atom. The lowest BCUT2D eigenvalue weighted by Gasteiger charge is -2.20. The molecule has 58 heavy (non-hydrogen) atoms. The molecule has 0 radical (unpaired) electrons. The number of hydrogen-bond acceptors (Lipinski definition) is 3. The number of aromatic nitrogens is 3. The van der Waals surface area contributed by atoms with Crippen LogP contribution >= 0.6 is 0 Å². The van der Waals surface area contributed by atoms with E-state index in [0.29, 0.717) is 17.5 Å². The Bertz CT molecular complexity index is 3310. The van der Waals surface area contributed by atoms with Crippen LogP contribution in [-0.2, 0) is 0 Å². The molecular formula is C55H35N3. The van der Waals surface area contributed by atoms with Crippen LogP contribution < -0.4 is 0 Å². The standard InChI is InChI=1S/C55H35N3/c1-3-16-36(17-4-1)43-24-11-14-28-48(43)55-57-53(40-20-5-2-6-21-40)56-54(58-55)41-32-30-39(31-33-41)50-46-26-12-13-27-47(46)52(45-29-15-22-37-18-7-9-23-42(37)45)51-44-25-10-8-19-38(44)34-35-49(50)51/h1-35H. The Balaban J connectivity index is 1.12.